The van der Waals surface area contributed by atoms with Crippen molar-refractivity contribution in [2.45, 2.75) is 26.2 Å². The summed E-state index contributed by atoms with van der Waals surface area (Å²) in [4.78, 5) is 0. The summed E-state index contributed by atoms with van der Waals surface area (Å²) >= 11 is 5.94. The first-order chi connectivity index (χ1) is 8.74. The van der Waals surface area contributed by atoms with E-state index in [4.69, 9.17) is 16.3 Å². The molecule has 0 aliphatic carbocycles. The van der Waals surface area contributed by atoms with Gasteiger partial charge in [-0.1, -0.05) is 30.7 Å². The number of halogens is 1. The van der Waals surface area contributed by atoms with Crippen LogP contribution in [0.2, 0.25) is 5.02 Å². The number of benzene rings is 1. The van der Waals surface area contributed by atoms with E-state index in [-0.39, 0.29) is 0 Å². The average Bonchev–Trinajstić information content (AvgIpc) is 2.40. The third-order valence-electron chi connectivity index (χ3n) is 3.80. The third kappa shape index (κ3) is 3.71. The molecule has 0 bridgehead atoms. The highest BCUT2D eigenvalue weighted by atomic mass is 35.5. The van der Waals surface area contributed by atoms with Crippen LogP contribution in [0.1, 0.15) is 25.3 Å². The van der Waals surface area contributed by atoms with Gasteiger partial charge >= 0.3 is 0 Å². The van der Waals surface area contributed by atoms with E-state index in [0.717, 1.165) is 50.6 Å². The quantitative estimate of drug-likeness (QED) is 0.884. The van der Waals surface area contributed by atoms with Gasteiger partial charge in [0.25, 0.3) is 0 Å². The molecule has 3 heteroatoms. The van der Waals surface area contributed by atoms with Crippen molar-refractivity contribution < 1.29 is 4.74 Å². The Labute approximate surface area is 115 Å². The standard InChI is InChI=1S/C15H22ClNO/c1-2-17-12-15(7-9-18-10-8-15)11-13-3-5-14(16)6-4-13/h3-6,17H,2,7-12H2,1H3. The molecule has 1 heterocycles. The second kappa shape index (κ2) is 6.55. The maximum atomic E-state index is 5.94. The van der Waals surface area contributed by atoms with Crippen LogP contribution in [-0.2, 0) is 11.2 Å². The number of rotatable bonds is 5. The largest absolute Gasteiger partial charge is 0.381 e. The first kappa shape index (κ1) is 13.9. The minimum absolute atomic E-state index is 0.349. The Hall–Kier alpha value is -0.570. The van der Waals surface area contributed by atoms with E-state index in [2.05, 4.69) is 24.4 Å². The minimum Gasteiger partial charge on any atom is -0.381 e. The maximum absolute atomic E-state index is 5.94. The fraction of sp³-hybridized carbons (Fsp3) is 0.600. The van der Waals surface area contributed by atoms with E-state index in [1.165, 1.54) is 5.56 Å². The molecule has 2 nitrogen and oxygen atoms in total. The van der Waals surface area contributed by atoms with E-state index in [1.807, 2.05) is 12.1 Å². The third-order valence-corrected chi connectivity index (χ3v) is 4.05. The van der Waals surface area contributed by atoms with E-state index in [1.54, 1.807) is 0 Å². The molecule has 18 heavy (non-hydrogen) atoms. The van der Waals surface area contributed by atoms with Crippen molar-refractivity contribution in [2.24, 2.45) is 5.41 Å². The zero-order valence-corrected chi connectivity index (χ0v) is 11.8. The highest BCUT2D eigenvalue weighted by molar-refractivity contribution is 6.30. The molecule has 1 fully saturated rings. The summed E-state index contributed by atoms with van der Waals surface area (Å²) < 4.78 is 5.51. The predicted molar refractivity (Wildman–Crippen MR) is 76.2 cm³/mol. The molecule has 1 aromatic carbocycles. The molecule has 2 rings (SSSR count). The molecular formula is C15H22ClNO. The second-order valence-electron chi connectivity index (χ2n) is 5.20. The van der Waals surface area contributed by atoms with Gasteiger partial charge in [-0.05, 0) is 48.9 Å². The van der Waals surface area contributed by atoms with Crippen LogP contribution in [0.3, 0.4) is 0 Å². The van der Waals surface area contributed by atoms with Crippen molar-refractivity contribution >= 4 is 11.6 Å². The van der Waals surface area contributed by atoms with Crippen LogP contribution in [-0.4, -0.2) is 26.3 Å². The van der Waals surface area contributed by atoms with Crippen LogP contribution in [0.25, 0.3) is 0 Å². The summed E-state index contributed by atoms with van der Waals surface area (Å²) in [6, 6.07) is 8.26. The van der Waals surface area contributed by atoms with Gasteiger partial charge in [-0.15, -0.1) is 0 Å². The van der Waals surface area contributed by atoms with E-state index in [9.17, 15) is 0 Å². The normalized spacial score (nSPS) is 18.8. The lowest BCUT2D eigenvalue weighted by molar-refractivity contribution is 0.0152. The monoisotopic (exact) mass is 267 g/mol. The van der Waals surface area contributed by atoms with E-state index in [0.29, 0.717) is 5.41 Å². The first-order valence-corrected chi connectivity index (χ1v) is 7.15. The number of nitrogens with one attached hydrogen (secondary N) is 1. The molecule has 0 amide bonds. The SMILES string of the molecule is CCNCC1(Cc2ccc(Cl)cc2)CCOCC1. The zero-order valence-electron chi connectivity index (χ0n) is 11.0. The Balaban J connectivity index is 2.06. The molecule has 0 spiro atoms. The van der Waals surface area contributed by atoms with Crippen molar-refractivity contribution in [2.75, 3.05) is 26.3 Å². The first-order valence-electron chi connectivity index (χ1n) is 6.77. The minimum atomic E-state index is 0.349. The number of hydrogen-bond donors (Lipinski definition) is 1. The van der Waals surface area contributed by atoms with Crippen molar-refractivity contribution in [3.8, 4) is 0 Å². The smallest absolute Gasteiger partial charge is 0.0471 e. The van der Waals surface area contributed by atoms with Crippen LogP contribution in [0.15, 0.2) is 24.3 Å². The Bertz CT molecular complexity index is 357. The van der Waals surface area contributed by atoms with Gasteiger partial charge in [0.05, 0.1) is 0 Å². The molecule has 0 atom stereocenters. The fourth-order valence-corrected chi connectivity index (χ4v) is 2.77. The van der Waals surface area contributed by atoms with Gasteiger partial charge < -0.3 is 10.1 Å². The van der Waals surface area contributed by atoms with Gasteiger partial charge in [-0.3, -0.25) is 0 Å². The lowest BCUT2D eigenvalue weighted by Crippen LogP contribution is -2.40. The Morgan fingerprint density at radius 2 is 1.89 bits per heavy atom. The van der Waals surface area contributed by atoms with Crippen molar-refractivity contribution in [1.29, 1.82) is 0 Å². The summed E-state index contributed by atoms with van der Waals surface area (Å²) in [7, 11) is 0. The highest BCUT2D eigenvalue weighted by Crippen LogP contribution is 2.34. The van der Waals surface area contributed by atoms with Crippen LogP contribution in [0.5, 0.6) is 0 Å². The van der Waals surface area contributed by atoms with E-state index < -0.39 is 0 Å². The maximum Gasteiger partial charge on any atom is 0.0471 e. The van der Waals surface area contributed by atoms with Crippen molar-refractivity contribution in [1.82, 2.24) is 5.32 Å². The van der Waals surface area contributed by atoms with Crippen molar-refractivity contribution in [3.05, 3.63) is 34.9 Å². The fourth-order valence-electron chi connectivity index (χ4n) is 2.65. The van der Waals surface area contributed by atoms with Gasteiger partial charge in [0.2, 0.25) is 0 Å². The molecular weight excluding hydrogens is 246 g/mol. The van der Waals surface area contributed by atoms with Gasteiger partial charge in [0, 0.05) is 24.8 Å². The molecule has 0 unspecified atom stereocenters. The summed E-state index contributed by atoms with van der Waals surface area (Å²) in [6.45, 7) is 6.05. The molecule has 1 N–H and O–H groups in total. The molecule has 100 valence electrons. The van der Waals surface area contributed by atoms with Gasteiger partial charge in [-0.2, -0.15) is 0 Å². The predicted octanol–water partition coefficient (Wildman–Crippen LogP) is 3.29. The van der Waals surface area contributed by atoms with Gasteiger partial charge in [-0.25, -0.2) is 0 Å². The lowest BCUT2D eigenvalue weighted by atomic mass is 9.75. The Kier molecular flexibility index (Phi) is 5.04. The topological polar surface area (TPSA) is 21.3 Å². The number of ether oxygens (including phenoxy) is 1. The van der Waals surface area contributed by atoms with Gasteiger partial charge in [0.15, 0.2) is 0 Å². The average molecular weight is 268 g/mol. The lowest BCUT2D eigenvalue weighted by Gasteiger charge is -2.37. The summed E-state index contributed by atoms with van der Waals surface area (Å²) in [5.41, 5.74) is 1.72. The summed E-state index contributed by atoms with van der Waals surface area (Å²) in [6.07, 6.45) is 3.39. The molecule has 1 aliphatic heterocycles. The molecule has 0 aromatic heterocycles. The zero-order chi connectivity index (χ0) is 12.8. The highest BCUT2D eigenvalue weighted by Gasteiger charge is 2.32. The van der Waals surface area contributed by atoms with Crippen molar-refractivity contribution in [3.63, 3.8) is 0 Å². The number of hydrogen-bond acceptors (Lipinski definition) is 2. The Morgan fingerprint density at radius 3 is 2.50 bits per heavy atom. The molecule has 0 radical (unpaired) electrons. The van der Waals surface area contributed by atoms with Crippen LogP contribution in [0.4, 0.5) is 0 Å². The summed E-state index contributed by atoms with van der Waals surface area (Å²) in [5, 5.41) is 4.32. The van der Waals surface area contributed by atoms with Gasteiger partial charge in [0.1, 0.15) is 0 Å². The van der Waals surface area contributed by atoms with Crippen LogP contribution < -0.4 is 5.32 Å². The Morgan fingerprint density at radius 1 is 1.22 bits per heavy atom. The summed E-state index contributed by atoms with van der Waals surface area (Å²) in [5.74, 6) is 0. The van der Waals surface area contributed by atoms with Crippen LogP contribution >= 0.6 is 11.6 Å². The second-order valence-corrected chi connectivity index (χ2v) is 5.63. The molecule has 1 saturated heterocycles. The van der Waals surface area contributed by atoms with Crippen LogP contribution in [0, 0.1) is 5.41 Å². The molecule has 1 aromatic rings. The molecule has 0 saturated carbocycles. The molecule has 1 aliphatic rings. The van der Waals surface area contributed by atoms with E-state index >= 15 is 0 Å².